The molecule has 120 valence electrons. The van der Waals surface area contributed by atoms with Crippen molar-refractivity contribution in [3.8, 4) is 11.4 Å². The van der Waals surface area contributed by atoms with Crippen LogP contribution < -0.4 is 9.41 Å². The molecule has 2 heterocycles. The third-order valence-corrected chi connectivity index (χ3v) is 4.47. The average molecular weight is 330 g/mol. The summed E-state index contributed by atoms with van der Waals surface area (Å²) in [5.41, 5.74) is 4.33. The molecule has 0 unspecified atom stereocenters. The highest BCUT2D eigenvalue weighted by Crippen LogP contribution is 2.22. The van der Waals surface area contributed by atoms with Gasteiger partial charge in [-0.2, -0.15) is 4.73 Å². The van der Waals surface area contributed by atoms with Crippen molar-refractivity contribution in [1.29, 1.82) is 0 Å². The largest absolute Gasteiger partial charge is 0.427 e. The Balaban J connectivity index is 1.88. The van der Waals surface area contributed by atoms with Crippen molar-refractivity contribution in [2.75, 3.05) is 0 Å². The van der Waals surface area contributed by atoms with E-state index >= 15 is 0 Å². The van der Waals surface area contributed by atoms with Crippen molar-refractivity contribution in [3.63, 3.8) is 0 Å². The Hall–Kier alpha value is -3.67. The second-order valence-corrected chi connectivity index (χ2v) is 5.97. The van der Waals surface area contributed by atoms with Gasteiger partial charge in [0.15, 0.2) is 22.1 Å². The monoisotopic (exact) mass is 330 g/mol. The smallest absolute Gasteiger partial charge is 0.295 e. The van der Waals surface area contributed by atoms with Gasteiger partial charge in [0.25, 0.3) is 16.9 Å². The Kier molecular flexibility index (Phi) is 2.70. The van der Waals surface area contributed by atoms with Gasteiger partial charge in [0.2, 0.25) is 0 Å². The first-order valence-corrected chi connectivity index (χ1v) is 7.92. The highest BCUT2D eigenvalue weighted by Gasteiger charge is 2.22. The molecule has 0 saturated carbocycles. The Morgan fingerprint density at radius 3 is 2.52 bits per heavy atom. The quantitative estimate of drug-likeness (QED) is 0.282. The van der Waals surface area contributed by atoms with Crippen LogP contribution in [0.2, 0.25) is 0 Å². The minimum atomic E-state index is 0.392. The van der Waals surface area contributed by atoms with E-state index in [2.05, 4.69) is 9.97 Å². The molecule has 0 aliphatic heterocycles. The van der Waals surface area contributed by atoms with Gasteiger partial charge >= 0.3 is 0 Å². The van der Waals surface area contributed by atoms with Crippen LogP contribution in [0.4, 0.5) is 0 Å². The van der Waals surface area contributed by atoms with Crippen molar-refractivity contribution < 1.29 is 14.6 Å². The topological polar surface area (TPSA) is 78.1 Å². The number of aromatic amines is 2. The molecule has 0 bridgehead atoms. The van der Waals surface area contributed by atoms with Gasteiger partial charge in [0.05, 0.1) is 16.1 Å². The molecule has 3 aromatic carbocycles. The zero-order chi connectivity index (χ0) is 17.0. The number of rotatable bonds is 1. The number of nitrogens with zero attached hydrogens (tertiary/aromatic N) is 2. The van der Waals surface area contributed by atoms with Crippen molar-refractivity contribution in [3.05, 3.63) is 71.6 Å². The van der Waals surface area contributed by atoms with Crippen LogP contribution in [0.5, 0.6) is 0 Å². The number of para-hydroxylation sites is 2. The van der Waals surface area contributed by atoms with E-state index in [9.17, 15) is 10.1 Å². The molecule has 0 radical (unpaired) electrons. The predicted octanol–water partition coefficient (Wildman–Crippen LogP) is 2.91. The summed E-state index contributed by atoms with van der Waals surface area (Å²) in [5.74, 6) is 0.845. The van der Waals surface area contributed by atoms with E-state index in [4.69, 9.17) is 0 Å². The lowest BCUT2D eigenvalue weighted by molar-refractivity contribution is -0.433. The first kappa shape index (κ1) is 13.7. The molecular formula is C19H14N4O2+2. The van der Waals surface area contributed by atoms with Crippen molar-refractivity contribution in [1.82, 2.24) is 9.71 Å². The molecule has 5 rings (SSSR count). The van der Waals surface area contributed by atoms with E-state index in [1.54, 1.807) is 36.4 Å². The van der Waals surface area contributed by atoms with Crippen LogP contribution >= 0.6 is 0 Å². The Labute approximate surface area is 141 Å². The molecule has 2 aromatic heterocycles. The van der Waals surface area contributed by atoms with Gasteiger partial charge in [-0.15, -0.1) is 0 Å². The minimum absolute atomic E-state index is 0.392. The van der Waals surface area contributed by atoms with E-state index < -0.39 is 0 Å². The lowest BCUT2D eigenvalue weighted by Crippen LogP contribution is -2.20. The summed E-state index contributed by atoms with van der Waals surface area (Å²) >= 11 is 0. The number of hydrogen-bond donors (Lipinski definition) is 2. The fourth-order valence-corrected chi connectivity index (χ4v) is 3.24. The van der Waals surface area contributed by atoms with Crippen LogP contribution in [0.3, 0.4) is 0 Å². The van der Waals surface area contributed by atoms with Gasteiger partial charge in [-0.25, -0.2) is 9.97 Å². The van der Waals surface area contributed by atoms with E-state index in [1.165, 1.54) is 0 Å². The molecule has 6 nitrogen and oxygen atoms in total. The summed E-state index contributed by atoms with van der Waals surface area (Å²) in [6.07, 6.45) is 0. The van der Waals surface area contributed by atoms with Crippen LogP contribution in [0.25, 0.3) is 44.5 Å². The Bertz CT molecular complexity index is 1320. The third kappa shape index (κ3) is 1.94. The van der Waals surface area contributed by atoms with Gasteiger partial charge in [0.1, 0.15) is 0 Å². The number of aromatic nitrogens is 4. The zero-order valence-corrected chi connectivity index (χ0v) is 13.1. The SMILES string of the molecule is O=[n+]1c2ccccc2n(O)c2cc3[nH]c(-c4ccccc4)[nH+]c3cc21. The lowest BCUT2D eigenvalue weighted by Gasteiger charge is -2.01. The molecule has 0 amide bonds. The number of imidazole rings is 1. The zero-order valence-electron chi connectivity index (χ0n) is 13.1. The molecular weight excluding hydrogens is 316 g/mol. The van der Waals surface area contributed by atoms with E-state index in [0.29, 0.717) is 22.1 Å². The fraction of sp³-hybridized carbons (Fsp3) is 0. The molecule has 0 spiro atoms. The Morgan fingerprint density at radius 2 is 1.68 bits per heavy atom. The third-order valence-electron chi connectivity index (χ3n) is 4.47. The highest BCUT2D eigenvalue weighted by molar-refractivity contribution is 5.91. The molecule has 25 heavy (non-hydrogen) atoms. The molecule has 0 saturated heterocycles. The van der Waals surface area contributed by atoms with Crippen molar-refractivity contribution >= 4 is 33.1 Å². The van der Waals surface area contributed by atoms with E-state index in [1.807, 2.05) is 30.3 Å². The van der Waals surface area contributed by atoms with Gasteiger partial charge in [-0.1, -0.05) is 30.3 Å². The molecule has 0 aliphatic rings. The molecule has 0 atom stereocenters. The van der Waals surface area contributed by atoms with E-state index in [0.717, 1.165) is 31.6 Å². The van der Waals surface area contributed by atoms with Gasteiger partial charge in [-0.05, 0) is 18.2 Å². The number of fused-ring (bicyclic) bond motifs is 3. The maximum absolute atomic E-state index is 12.7. The number of hydrogen-bond acceptors (Lipinski definition) is 2. The maximum Gasteiger partial charge on any atom is 0.295 e. The highest BCUT2D eigenvalue weighted by atomic mass is 16.5. The van der Waals surface area contributed by atoms with Crippen LogP contribution in [-0.4, -0.2) is 14.9 Å². The Morgan fingerprint density at radius 1 is 0.920 bits per heavy atom. The fourth-order valence-electron chi connectivity index (χ4n) is 3.24. The van der Waals surface area contributed by atoms with Gasteiger partial charge < -0.3 is 5.21 Å². The second-order valence-electron chi connectivity index (χ2n) is 5.97. The molecule has 3 N–H and O–H groups in total. The molecule has 0 aliphatic carbocycles. The number of H-pyrrole nitrogens is 2. The summed E-state index contributed by atoms with van der Waals surface area (Å²) in [4.78, 5) is 19.3. The summed E-state index contributed by atoms with van der Waals surface area (Å²) < 4.78 is 1.90. The van der Waals surface area contributed by atoms with Gasteiger partial charge in [-0.3, -0.25) is 0 Å². The van der Waals surface area contributed by atoms with Crippen molar-refractivity contribution in [2.24, 2.45) is 0 Å². The normalized spacial score (nSPS) is 11.5. The van der Waals surface area contributed by atoms with E-state index in [-0.39, 0.29) is 0 Å². The summed E-state index contributed by atoms with van der Waals surface area (Å²) in [7, 11) is 0. The molecule has 6 heteroatoms. The summed E-state index contributed by atoms with van der Waals surface area (Å²) in [5, 5.41) is 10.6. The van der Waals surface area contributed by atoms with Crippen molar-refractivity contribution in [2.45, 2.75) is 0 Å². The lowest BCUT2D eigenvalue weighted by atomic mass is 10.2. The van der Waals surface area contributed by atoms with Crippen LogP contribution in [0, 0.1) is 4.91 Å². The van der Waals surface area contributed by atoms with Gasteiger partial charge in [0, 0.05) is 17.0 Å². The van der Waals surface area contributed by atoms with Crippen LogP contribution in [0.1, 0.15) is 0 Å². The second kappa shape index (κ2) is 4.91. The number of benzene rings is 3. The average Bonchev–Trinajstić information content (AvgIpc) is 3.09. The van der Waals surface area contributed by atoms with Crippen LogP contribution in [0.15, 0.2) is 66.7 Å². The summed E-state index contributed by atoms with van der Waals surface area (Å²) in [6.45, 7) is 0. The number of nitrogens with one attached hydrogen (secondary N) is 2. The molecule has 0 fully saturated rings. The predicted molar refractivity (Wildman–Crippen MR) is 93.8 cm³/mol. The standard InChI is InChI=1S/C19H13N4O2/c24-22-15-8-4-5-9-16(15)23(25)18-11-14-13(10-17(18)22)20-19(21-14)12-6-2-1-3-7-12/h1-11,24H,(H,20,21)/q+1/p+1. The van der Waals surface area contributed by atoms with Crippen LogP contribution in [-0.2, 0) is 0 Å². The first-order valence-electron chi connectivity index (χ1n) is 7.92. The minimum Gasteiger partial charge on any atom is -0.427 e. The summed E-state index contributed by atoms with van der Waals surface area (Å²) in [6, 6.07) is 20.4. The molecule has 5 aromatic rings. The first-order chi connectivity index (χ1) is 12.2. The maximum atomic E-state index is 12.7.